The minimum atomic E-state index is -0.0164. The molecule has 0 bridgehead atoms. The van der Waals surface area contributed by atoms with E-state index in [1.54, 1.807) is 0 Å². The van der Waals surface area contributed by atoms with Crippen molar-refractivity contribution in [2.24, 2.45) is 0 Å². The second-order valence-corrected chi connectivity index (χ2v) is 6.52. The van der Waals surface area contributed by atoms with Crippen molar-refractivity contribution in [3.8, 4) is 0 Å². The summed E-state index contributed by atoms with van der Waals surface area (Å²) in [4.78, 5) is 4.38. The van der Waals surface area contributed by atoms with Gasteiger partial charge >= 0.3 is 0 Å². The van der Waals surface area contributed by atoms with Crippen LogP contribution in [0.15, 0.2) is 36.5 Å². The Kier molecular flexibility index (Phi) is 4.24. The molecule has 0 radical (unpaired) electrons. The zero-order valence-electron chi connectivity index (χ0n) is 14.4. The highest BCUT2D eigenvalue weighted by atomic mass is 16.5. The van der Waals surface area contributed by atoms with Crippen LogP contribution in [0, 0.1) is 6.92 Å². The normalized spacial score (nSPS) is 18.2. The second kappa shape index (κ2) is 6.69. The van der Waals surface area contributed by atoms with Gasteiger partial charge in [-0.2, -0.15) is 5.10 Å². The molecule has 25 heavy (non-hydrogen) atoms. The monoisotopic (exact) mass is 334 g/mol. The summed E-state index contributed by atoms with van der Waals surface area (Å²) >= 11 is 0. The van der Waals surface area contributed by atoms with Crippen LogP contribution in [-0.4, -0.2) is 21.4 Å². The van der Waals surface area contributed by atoms with Crippen molar-refractivity contribution >= 4 is 28.7 Å². The number of hydrogen-bond donors (Lipinski definition) is 1. The van der Waals surface area contributed by atoms with Crippen LogP contribution in [0.1, 0.15) is 42.4 Å². The first-order valence-electron chi connectivity index (χ1n) is 8.71. The number of fused-ring (bicyclic) bond motifs is 1. The molecule has 0 aliphatic carbocycles. The minimum Gasteiger partial charge on any atom is -0.399 e. The summed E-state index contributed by atoms with van der Waals surface area (Å²) < 4.78 is 7.91. The van der Waals surface area contributed by atoms with Crippen LogP contribution in [0.3, 0.4) is 0 Å². The summed E-state index contributed by atoms with van der Waals surface area (Å²) in [6.07, 6.45) is 9.07. The summed E-state index contributed by atoms with van der Waals surface area (Å²) in [6, 6.07) is 9.96. The Morgan fingerprint density at radius 3 is 2.92 bits per heavy atom. The minimum absolute atomic E-state index is 0.0164. The highest BCUT2D eigenvalue weighted by molar-refractivity contribution is 5.91. The number of benzene rings is 1. The van der Waals surface area contributed by atoms with E-state index >= 15 is 0 Å². The molecule has 5 nitrogen and oxygen atoms in total. The number of aromatic nitrogens is 3. The van der Waals surface area contributed by atoms with Gasteiger partial charge in [-0.25, -0.2) is 4.68 Å². The lowest BCUT2D eigenvalue weighted by atomic mass is 10.1. The molecule has 0 spiro atoms. The molecule has 1 aliphatic rings. The molecule has 1 atom stereocenters. The number of aryl methyl sites for hydroxylation is 1. The van der Waals surface area contributed by atoms with Gasteiger partial charge in [0.2, 0.25) is 0 Å². The number of nitrogen functional groups attached to an aromatic ring is 1. The van der Waals surface area contributed by atoms with Crippen LogP contribution in [0.4, 0.5) is 5.69 Å². The van der Waals surface area contributed by atoms with E-state index in [1.165, 1.54) is 5.56 Å². The number of pyridine rings is 1. The third kappa shape index (κ3) is 3.28. The fourth-order valence-corrected chi connectivity index (χ4v) is 3.25. The van der Waals surface area contributed by atoms with E-state index in [4.69, 9.17) is 15.6 Å². The summed E-state index contributed by atoms with van der Waals surface area (Å²) in [6.45, 7) is 2.85. The van der Waals surface area contributed by atoms with Crippen molar-refractivity contribution in [3.63, 3.8) is 0 Å². The molecule has 1 aromatic carbocycles. The first-order valence-corrected chi connectivity index (χ1v) is 8.71. The fraction of sp³-hybridized carbons (Fsp3) is 0.300. The maximum atomic E-state index is 6.00. The standard InChI is InChI=1S/C20H22N4O/c1-14-9-10-22-16(12-14)6-8-18-17-7-5-15(21)13-19(17)24(23-18)20-4-2-3-11-25-20/h5-10,12-13,20H,2-4,11,21H2,1H3/b8-6+. The smallest absolute Gasteiger partial charge is 0.150 e. The highest BCUT2D eigenvalue weighted by Crippen LogP contribution is 2.30. The van der Waals surface area contributed by atoms with Crippen molar-refractivity contribution in [1.29, 1.82) is 0 Å². The zero-order chi connectivity index (χ0) is 17.2. The van der Waals surface area contributed by atoms with Gasteiger partial charge < -0.3 is 10.5 Å². The van der Waals surface area contributed by atoms with Crippen molar-refractivity contribution in [1.82, 2.24) is 14.8 Å². The molecule has 3 heterocycles. The van der Waals surface area contributed by atoms with E-state index in [-0.39, 0.29) is 6.23 Å². The third-order valence-corrected chi connectivity index (χ3v) is 4.54. The zero-order valence-corrected chi connectivity index (χ0v) is 14.4. The van der Waals surface area contributed by atoms with E-state index in [2.05, 4.69) is 18.0 Å². The summed E-state index contributed by atoms with van der Waals surface area (Å²) in [5.41, 5.74) is 10.8. The number of nitrogens with two attached hydrogens (primary N) is 1. The van der Waals surface area contributed by atoms with Crippen LogP contribution in [0.25, 0.3) is 23.1 Å². The van der Waals surface area contributed by atoms with Crippen LogP contribution >= 0.6 is 0 Å². The van der Waals surface area contributed by atoms with Crippen molar-refractivity contribution in [2.75, 3.05) is 12.3 Å². The van der Waals surface area contributed by atoms with Gasteiger partial charge in [-0.1, -0.05) is 0 Å². The molecular weight excluding hydrogens is 312 g/mol. The van der Waals surface area contributed by atoms with Crippen molar-refractivity contribution in [3.05, 3.63) is 53.5 Å². The molecule has 3 aromatic rings. The molecule has 5 heteroatoms. The van der Waals surface area contributed by atoms with Crippen LogP contribution in [-0.2, 0) is 4.74 Å². The number of anilines is 1. The molecule has 128 valence electrons. The van der Waals surface area contributed by atoms with Gasteiger partial charge in [0.25, 0.3) is 0 Å². The summed E-state index contributed by atoms with van der Waals surface area (Å²) in [5.74, 6) is 0. The average molecular weight is 334 g/mol. The SMILES string of the molecule is Cc1ccnc(/C=C/c2nn(C3CCCCO3)c3cc(N)ccc23)c1. The lowest BCUT2D eigenvalue weighted by Gasteiger charge is -2.23. The summed E-state index contributed by atoms with van der Waals surface area (Å²) in [5, 5.41) is 5.89. The lowest BCUT2D eigenvalue weighted by Crippen LogP contribution is -2.19. The molecule has 1 fully saturated rings. The Labute approximate surface area is 147 Å². The molecule has 0 amide bonds. The maximum absolute atomic E-state index is 6.00. The highest BCUT2D eigenvalue weighted by Gasteiger charge is 2.20. The van der Waals surface area contributed by atoms with Crippen LogP contribution in [0.2, 0.25) is 0 Å². The number of ether oxygens (including phenoxy) is 1. The first kappa shape index (κ1) is 15.8. The van der Waals surface area contributed by atoms with Gasteiger partial charge in [-0.05, 0) is 74.2 Å². The Bertz CT molecular complexity index is 923. The molecule has 2 N–H and O–H groups in total. The van der Waals surface area contributed by atoms with Crippen molar-refractivity contribution < 1.29 is 4.74 Å². The predicted octanol–water partition coefficient (Wildman–Crippen LogP) is 4.19. The second-order valence-electron chi connectivity index (χ2n) is 6.52. The van der Waals surface area contributed by atoms with Crippen LogP contribution < -0.4 is 5.73 Å². The molecular formula is C20H22N4O. The molecule has 2 aromatic heterocycles. The maximum Gasteiger partial charge on any atom is 0.150 e. The molecule has 0 saturated carbocycles. The van der Waals surface area contributed by atoms with Gasteiger partial charge in [0, 0.05) is 23.9 Å². The van der Waals surface area contributed by atoms with Gasteiger partial charge in [0.15, 0.2) is 6.23 Å². The topological polar surface area (TPSA) is 66.0 Å². The Morgan fingerprint density at radius 1 is 1.20 bits per heavy atom. The van der Waals surface area contributed by atoms with Gasteiger partial charge in [0.1, 0.15) is 0 Å². The quantitative estimate of drug-likeness (QED) is 0.729. The van der Waals surface area contributed by atoms with Gasteiger partial charge in [-0.15, -0.1) is 0 Å². The lowest BCUT2D eigenvalue weighted by molar-refractivity contribution is -0.0367. The van der Waals surface area contributed by atoms with E-state index in [9.17, 15) is 0 Å². The molecule has 1 unspecified atom stereocenters. The number of nitrogens with zero attached hydrogens (tertiary/aromatic N) is 3. The van der Waals surface area contributed by atoms with Gasteiger partial charge in [0.05, 0.1) is 16.9 Å². The van der Waals surface area contributed by atoms with E-state index in [1.807, 2.05) is 47.3 Å². The van der Waals surface area contributed by atoms with E-state index < -0.39 is 0 Å². The first-order chi connectivity index (χ1) is 12.2. The Balaban J connectivity index is 1.75. The third-order valence-electron chi connectivity index (χ3n) is 4.54. The Hall–Kier alpha value is -2.66. The van der Waals surface area contributed by atoms with E-state index in [0.29, 0.717) is 0 Å². The number of rotatable bonds is 3. The summed E-state index contributed by atoms with van der Waals surface area (Å²) in [7, 11) is 0. The Morgan fingerprint density at radius 2 is 2.12 bits per heavy atom. The fourth-order valence-electron chi connectivity index (χ4n) is 3.25. The molecule has 1 saturated heterocycles. The largest absolute Gasteiger partial charge is 0.399 e. The van der Waals surface area contributed by atoms with Crippen LogP contribution in [0.5, 0.6) is 0 Å². The van der Waals surface area contributed by atoms with Gasteiger partial charge in [-0.3, -0.25) is 4.98 Å². The van der Waals surface area contributed by atoms with Crippen molar-refractivity contribution in [2.45, 2.75) is 32.4 Å². The predicted molar refractivity (Wildman–Crippen MR) is 101 cm³/mol. The average Bonchev–Trinajstić information content (AvgIpc) is 2.98. The molecule has 4 rings (SSSR count). The number of hydrogen-bond acceptors (Lipinski definition) is 4. The van der Waals surface area contributed by atoms with E-state index in [0.717, 1.165) is 53.8 Å². The molecule has 1 aliphatic heterocycles.